The molecule has 1 aliphatic rings. The molecule has 2 aromatic rings. The van der Waals surface area contributed by atoms with Crippen LogP contribution in [-0.4, -0.2) is 29.1 Å². The molecule has 4 N–H and O–H groups in total. The highest BCUT2D eigenvalue weighted by Gasteiger charge is 2.16. The number of H-pyrrole nitrogens is 1. The monoisotopic (exact) mass is 329 g/mol. The molecule has 1 atom stereocenters. The maximum Gasteiger partial charge on any atom is 0.307 e. The van der Waals surface area contributed by atoms with E-state index in [4.69, 9.17) is 5.11 Å². The van der Waals surface area contributed by atoms with Crippen LogP contribution in [0.5, 0.6) is 0 Å². The van der Waals surface area contributed by atoms with E-state index in [1.165, 1.54) is 0 Å². The summed E-state index contributed by atoms with van der Waals surface area (Å²) in [5.41, 5.74) is 3.61. The zero-order valence-corrected chi connectivity index (χ0v) is 13.8. The highest BCUT2D eigenvalue weighted by Crippen LogP contribution is 2.27. The third-order valence-corrected chi connectivity index (χ3v) is 4.64. The van der Waals surface area contributed by atoms with Crippen molar-refractivity contribution in [3.63, 3.8) is 0 Å². The minimum atomic E-state index is -0.773. The number of aromatic nitrogens is 1. The number of benzene rings is 1. The molecule has 0 aliphatic carbocycles. The first kappa shape index (κ1) is 16.5. The summed E-state index contributed by atoms with van der Waals surface area (Å²) in [6, 6.07) is 6.00. The summed E-state index contributed by atoms with van der Waals surface area (Å²) in [6.45, 7) is 3.78. The first-order chi connectivity index (χ1) is 11.6. The predicted octanol–water partition coefficient (Wildman–Crippen LogP) is 2.09. The molecule has 6 nitrogen and oxygen atoms in total. The van der Waals surface area contributed by atoms with E-state index in [2.05, 4.69) is 15.6 Å². The van der Waals surface area contributed by atoms with Crippen molar-refractivity contribution in [2.75, 3.05) is 18.4 Å². The Balaban J connectivity index is 1.79. The van der Waals surface area contributed by atoms with Crippen molar-refractivity contribution in [1.29, 1.82) is 0 Å². The summed E-state index contributed by atoms with van der Waals surface area (Å²) in [4.78, 5) is 26.2. The van der Waals surface area contributed by atoms with Gasteiger partial charge in [-0.15, -0.1) is 0 Å². The number of anilines is 1. The Morgan fingerprint density at radius 2 is 2.25 bits per heavy atom. The summed E-state index contributed by atoms with van der Waals surface area (Å²) >= 11 is 0. The Morgan fingerprint density at radius 1 is 1.42 bits per heavy atom. The van der Waals surface area contributed by atoms with Gasteiger partial charge in [0.15, 0.2) is 0 Å². The van der Waals surface area contributed by atoms with Crippen LogP contribution in [-0.2, 0) is 17.8 Å². The van der Waals surface area contributed by atoms with Gasteiger partial charge >= 0.3 is 5.97 Å². The fourth-order valence-corrected chi connectivity index (χ4v) is 3.21. The lowest BCUT2D eigenvalue weighted by Crippen LogP contribution is -2.27. The lowest BCUT2D eigenvalue weighted by Gasteiger charge is -2.19. The Labute approximate surface area is 140 Å². The molecule has 0 fully saturated rings. The van der Waals surface area contributed by atoms with Gasteiger partial charge in [0.1, 0.15) is 0 Å². The highest BCUT2D eigenvalue weighted by molar-refractivity contribution is 5.93. The molecule has 0 radical (unpaired) electrons. The lowest BCUT2D eigenvalue weighted by molar-refractivity contribution is -0.141. The fraction of sp³-hybridized carbons (Fsp3) is 0.444. The van der Waals surface area contributed by atoms with Crippen molar-refractivity contribution in [2.45, 2.75) is 32.7 Å². The second-order valence-electron chi connectivity index (χ2n) is 6.29. The van der Waals surface area contributed by atoms with Crippen LogP contribution in [0.25, 0.3) is 10.9 Å². The van der Waals surface area contributed by atoms with Gasteiger partial charge < -0.3 is 20.7 Å². The molecule has 1 aromatic carbocycles. The molecule has 1 aromatic heterocycles. The molecule has 3 rings (SSSR count). The van der Waals surface area contributed by atoms with Crippen LogP contribution < -0.4 is 16.2 Å². The maximum atomic E-state index is 12.2. The van der Waals surface area contributed by atoms with E-state index in [9.17, 15) is 9.59 Å². The zero-order valence-electron chi connectivity index (χ0n) is 13.8. The molecule has 24 heavy (non-hydrogen) atoms. The molecule has 0 amide bonds. The molecule has 128 valence electrons. The van der Waals surface area contributed by atoms with Crippen LogP contribution in [0, 0.1) is 5.92 Å². The van der Waals surface area contributed by atoms with Crippen LogP contribution in [0.1, 0.15) is 30.9 Å². The summed E-state index contributed by atoms with van der Waals surface area (Å²) in [5.74, 6) is -1.15. The van der Waals surface area contributed by atoms with Crippen LogP contribution in [0.3, 0.4) is 0 Å². The summed E-state index contributed by atoms with van der Waals surface area (Å²) < 4.78 is 0. The molecule has 1 unspecified atom stereocenters. The molecule has 0 saturated heterocycles. The molecule has 2 heterocycles. The Bertz CT molecular complexity index is 813. The number of carboxylic acids is 1. The van der Waals surface area contributed by atoms with Gasteiger partial charge in [-0.25, -0.2) is 0 Å². The SMILES string of the molecule is CCC(CNCc1ccc2c3c(c(=O)[nH]c2c1)CCCN3)C(=O)O. The number of pyridine rings is 1. The predicted molar refractivity (Wildman–Crippen MR) is 94.5 cm³/mol. The second kappa shape index (κ2) is 7.05. The van der Waals surface area contributed by atoms with E-state index in [-0.39, 0.29) is 11.5 Å². The number of fused-ring (bicyclic) bond motifs is 3. The second-order valence-corrected chi connectivity index (χ2v) is 6.29. The zero-order chi connectivity index (χ0) is 17.1. The van der Waals surface area contributed by atoms with Crippen molar-refractivity contribution < 1.29 is 9.90 Å². The number of aromatic amines is 1. The fourth-order valence-electron chi connectivity index (χ4n) is 3.21. The first-order valence-electron chi connectivity index (χ1n) is 8.45. The van der Waals surface area contributed by atoms with E-state index >= 15 is 0 Å². The van der Waals surface area contributed by atoms with E-state index in [1.807, 2.05) is 25.1 Å². The number of rotatable bonds is 6. The quantitative estimate of drug-likeness (QED) is 0.651. The van der Waals surface area contributed by atoms with Crippen LogP contribution in [0.4, 0.5) is 5.69 Å². The van der Waals surface area contributed by atoms with Crippen LogP contribution in [0.2, 0.25) is 0 Å². The number of nitrogens with one attached hydrogen (secondary N) is 3. The molecular formula is C18H23N3O3. The average Bonchev–Trinajstić information content (AvgIpc) is 2.58. The van der Waals surface area contributed by atoms with Gasteiger partial charge in [-0.05, 0) is 30.9 Å². The van der Waals surface area contributed by atoms with Crippen LogP contribution >= 0.6 is 0 Å². The van der Waals surface area contributed by atoms with Crippen molar-refractivity contribution >= 4 is 22.6 Å². The largest absolute Gasteiger partial charge is 0.481 e. The summed E-state index contributed by atoms with van der Waals surface area (Å²) in [6.07, 6.45) is 2.39. The maximum absolute atomic E-state index is 12.2. The number of aliphatic carboxylic acids is 1. The minimum Gasteiger partial charge on any atom is -0.481 e. The van der Waals surface area contributed by atoms with Gasteiger partial charge in [0.05, 0.1) is 17.1 Å². The van der Waals surface area contributed by atoms with Crippen molar-refractivity contribution in [2.24, 2.45) is 5.92 Å². The standard InChI is InChI=1S/C18H23N3O3/c1-2-12(18(23)24)10-19-9-11-5-6-13-15(8-11)21-17(22)14-4-3-7-20-16(13)14/h5-6,8,12,19-20H,2-4,7,9-10H2,1H3,(H,21,22)(H,23,24). The van der Waals surface area contributed by atoms with Crippen molar-refractivity contribution in [3.8, 4) is 0 Å². The molecule has 1 aliphatic heterocycles. The van der Waals surface area contributed by atoms with Crippen LogP contribution in [0.15, 0.2) is 23.0 Å². The number of hydrogen-bond donors (Lipinski definition) is 4. The smallest absolute Gasteiger partial charge is 0.307 e. The third kappa shape index (κ3) is 3.28. The Kier molecular flexibility index (Phi) is 4.85. The lowest BCUT2D eigenvalue weighted by atomic mass is 10.0. The van der Waals surface area contributed by atoms with Gasteiger partial charge in [0, 0.05) is 30.6 Å². The summed E-state index contributed by atoms with van der Waals surface area (Å²) in [7, 11) is 0. The van der Waals surface area contributed by atoms with E-state index in [1.54, 1.807) is 0 Å². The number of carbonyl (C=O) groups is 1. The minimum absolute atomic E-state index is 0.0215. The number of hydrogen-bond acceptors (Lipinski definition) is 4. The van der Waals surface area contributed by atoms with E-state index in [0.29, 0.717) is 19.5 Å². The first-order valence-corrected chi connectivity index (χ1v) is 8.45. The van der Waals surface area contributed by atoms with Gasteiger partial charge in [0.25, 0.3) is 5.56 Å². The van der Waals surface area contributed by atoms with E-state index in [0.717, 1.165) is 47.1 Å². The third-order valence-electron chi connectivity index (χ3n) is 4.64. The van der Waals surface area contributed by atoms with Gasteiger partial charge in [0.2, 0.25) is 0 Å². The van der Waals surface area contributed by atoms with Crippen molar-refractivity contribution in [3.05, 3.63) is 39.7 Å². The molecule has 6 heteroatoms. The topological polar surface area (TPSA) is 94.2 Å². The Hall–Kier alpha value is -2.34. The normalized spacial score (nSPS) is 14.9. The average molecular weight is 329 g/mol. The highest BCUT2D eigenvalue weighted by atomic mass is 16.4. The van der Waals surface area contributed by atoms with Gasteiger partial charge in [-0.2, -0.15) is 0 Å². The van der Waals surface area contributed by atoms with Crippen molar-refractivity contribution in [1.82, 2.24) is 10.3 Å². The molecule has 0 saturated carbocycles. The van der Waals surface area contributed by atoms with Gasteiger partial charge in [-0.1, -0.05) is 19.1 Å². The Morgan fingerprint density at radius 3 is 3.00 bits per heavy atom. The van der Waals surface area contributed by atoms with E-state index < -0.39 is 5.97 Å². The molecular weight excluding hydrogens is 306 g/mol. The molecule has 0 spiro atoms. The van der Waals surface area contributed by atoms with Gasteiger partial charge in [-0.3, -0.25) is 9.59 Å². The summed E-state index contributed by atoms with van der Waals surface area (Å²) in [5, 5.41) is 16.6. The number of carboxylic acid groups (broad SMARTS) is 1. The molecule has 0 bridgehead atoms.